The van der Waals surface area contributed by atoms with Crippen LogP contribution in [-0.4, -0.2) is 56.1 Å². The van der Waals surface area contributed by atoms with Crippen LogP contribution in [0.5, 0.6) is 0 Å². The smallest absolute Gasteiger partial charge is 0.456 e. The number of aryl methyl sites for hydroxylation is 3. The highest BCUT2D eigenvalue weighted by atomic mass is 16.7. The fraction of sp³-hybridized carbons (Fsp3) is 0.417. The summed E-state index contributed by atoms with van der Waals surface area (Å²) >= 11 is 0. The normalized spacial score (nSPS) is 14.1. The molecule has 0 atom stereocenters. The van der Waals surface area contributed by atoms with Crippen molar-refractivity contribution in [2.75, 3.05) is 0 Å². The molecule has 4 rings (SSSR count). The van der Waals surface area contributed by atoms with Crippen LogP contribution in [0.1, 0.15) is 110 Å². The summed E-state index contributed by atoms with van der Waals surface area (Å²) in [5, 5.41) is 0. The van der Waals surface area contributed by atoms with Gasteiger partial charge in [0.15, 0.2) is 0 Å². The Kier molecular flexibility index (Phi) is 10.7. The molecule has 0 aliphatic carbocycles. The first-order valence-corrected chi connectivity index (χ1v) is 16.1. The summed E-state index contributed by atoms with van der Waals surface area (Å²) in [6.07, 6.45) is 0. The van der Waals surface area contributed by atoms with E-state index in [9.17, 15) is 14.4 Å². The van der Waals surface area contributed by atoms with Crippen LogP contribution in [0.3, 0.4) is 0 Å². The molecule has 0 amide bonds. The number of ether oxygens (including phenoxy) is 3. The van der Waals surface area contributed by atoms with E-state index >= 15 is 0 Å². The van der Waals surface area contributed by atoms with E-state index in [-0.39, 0.29) is 0 Å². The minimum Gasteiger partial charge on any atom is -0.456 e. The van der Waals surface area contributed by atoms with Crippen LogP contribution >= 0.6 is 0 Å². The van der Waals surface area contributed by atoms with Crippen LogP contribution < -0.4 is 16.4 Å². The molecule has 1 saturated heterocycles. The fourth-order valence-corrected chi connectivity index (χ4v) is 5.09. The van der Waals surface area contributed by atoms with Crippen molar-refractivity contribution in [3.05, 3.63) is 88.0 Å². The molecule has 9 nitrogen and oxygen atoms in total. The third-order valence-corrected chi connectivity index (χ3v) is 7.17. The van der Waals surface area contributed by atoms with E-state index in [1.807, 2.05) is 101 Å². The standard InChI is InChI=1S/C36H45B3O9/c1-22-19-25(13-16-28(22)31(40)43-34(4,5)6)37-46-38(26-14-17-29(23(2)20-26)32(41)44-35(7,8)9)48-39(47-37)27-15-18-30(24(3)21-27)33(42)45-36(10,11)12/h13-21H,1-12H3. The van der Waals surface area contributed by atoms with Crippen LogP contribution in [0.4, 0.5) is 0 Å². The molecule has 3 aromatic carbocycles. The zero-order valence-electron chi connectivity index (χ0n) is 30.1. The first kappa shape index (κ1) is 37.0. The molecule has 12 heteroatoms. The molecule has 1 aliphatic rings. The molecule has 0 radical (unpaired) electrons. The number of benzene rings is 3. The van der Waals surface area contributed by atoms with Gasteiger partial charge in [-0.2, -0.15) is 0 Å². The summed E-state index contributed by atoms with van der Waals surface area (Å²) in [6.45, 7) is 21.9. The molecule has 1 aliphatic heterocycles. The van der Waals surface area contributed by atoms with Gasteiger partial charge in [0.2, 0.25) is 0 Å². The Balaban J connectivity index is 1.69. The third kappa shape index (κ3) is 9.61. The van der Waals surface area contributed by atoms with E-state index in [0.717, 1.165) is 0 Å². The van der Waals surface area contributed by atoms with E-state index in [4.69, 9.17) is 27.9 Å². The highest BCUT2D eigenvalue weighted by Gasteiger charge is 2.44. The Hall–Kier alpha value is -3.86. The maximum absolute atomic E-state index is 12.8. The van der Waals surface area contributed by atoms with E-state index in [2.05, 4.69) is 0 Å². The summed E-state index contributed by atoms with van der Waals surface area (Å²) in [5.74, 6) is -1.26. The molecule has 0 bridgehead atoms. The quantitative estimate of drug-likeness (QED) is 0.206. The monoisotopic (exact) mass is 654 g/mol. The number of hydrogen-bond donors (Lipinski definition) is 0. The first-order chi connectivity index (χ1) is 22.1. The first-order valence-electron chi connectivity index (χ1n) is 16.1. The van der Waals surface area contributed by atoms with Crippen LogP contribution in [0.25, 0.3) is 0 Å². The molecule has 1 heterocycles. The Labute approximate surface area is 285 Å². The lowest BCUT2D eigenvalue weighted by atomic mass is 9.61. The van der Waals surface area contributed by atoms with Gasteiger partial charge in [0.1, 0.15) is 16.8 Å². The zero-order chi connectivity index (χ0) is 35.8. The van der Waals surface area contributed by atoms with Gasteiger partial charge in [0, 0.05) is 0 Å². The van der Waals surface area contributed by atoms with Gasteiger partial charge in [0.25, 0.3) is 0 Å². The molecular weight excluding hydrogens is 609 g/mol. The topological polar surface area (TPSA) is 107 Å². The highest BCUT2D eigenvalue weighted by Crippen LogP contribution is 2.20. The molecule has 3 aromatic rings. The van der Waals surface area contributed by atoms with Gasteiger partial charge in [-0.25, -0.2) is 14.4 Å². The molecule has 48 heavy (non-hydrogen) atoms. The maximum atomic E-state index is 12.8. The van der Waals surface area contributed by atoms with Gasteiger partial charge >= 0.3 is 39.3 Å². The fourth-order valence-electron chi connectivity index (χ4n) is 5.09. The van der Waals surface area contributed by atoms with Crippen LogP contribution in [0.2, 0.25) is 0 Å². The van der Waals surface area contributed by atoms with E-state index in [1.54, 1.807) is 36.4 Å². The van der Waals surface area contributed by atoms with Crippen LogP contribution in [0.15, 0.2) is 54.6 Å². The number of carbonyl (C=O) groups is 3. The predicted octanol–water partition coefficient (Wildman–Crippen LogP) is 5.03. The number of esters is 3. The van der Waals surface area contributed by atoms with E-state index in [1.165, 1.54) is 0 Å². The van der Waals surface area contributed by atoms with Gasteiger partial charge in [0.05, 0.1) is 16.7 Å². The Morgan fingerprint density at radius 3 is 0.875 bits per heavy atom. The third-order valence-electron chi connectivity index (χ3n) is 7.17. The average Bonchev–Trinajstić information content (AvgIpc) is 2.93. The Bertz CT molecular complexity index is 1500. The maximum Gasteiger partial charge on any atom is 0.467 e. The van der Waals surface area contributed by atoms with Crippen LogP contribution in [0, 0.1) is 20.8 Å². The minimum atomic E-state index is -0.892. The summed E-state index contributed by atoms with van der Waals surface area (Å²) in [6, 6.07) is 15.9. The lowest BCUT2D eigenvalue weighted by Crippen LogP contribution is -2.61. The minimum absolute atomic E-state index is 0.419. The Morgan fingerprint density at radius 2 is 0.688 bits per heavy atom. The second-order valence-corrected chi connectivity index (χ2v) is 15.1. The molecular formula is C36H45B3O9. The summed E-state index contributed by atoms with van der Waals surface area (Å²) < 4.78 is 35.9. The lowest BCUT2D eigenvalue weighted by molar-refractivity contribution is 0.00561. The van der Waals surface area contributed by atoms with Gasteiger partial charge in [-0.05, 0) is 134 Å². The summed E-state index contributed by atoms with van der Waals surface area (Å²) in [5.41, 5.74) is 3.52. The summed E-state index contributed by atoms with van der Waals surface area (Å²) in [7, 11) is -2.68. The van der Waals surface area contributed by atoms with Crippen molar-refractivity contribution < 1.29 is 42.3 Å². The van der Waals surface area contributed by atoms with Gasteiger partial charge in [-0.1, -0.05) is 36.4 Å². The van der Waals surface area contributed by atoms with Crippen LogP contribution in [-0.2, 0) is 27.9 Å². The molecule has 0 spiro atoms. The van der Waals surface area contributed by atoms with Crippen molar-refractivity contribution >= 4 is 55.7 Å². The number of carbonyl (C=O) groups excluding carboxylic acids is 3. The number of hydrogen-bond acceptors (Lipinski definition) is 9. The van der Waals surface area contributed by atoms with Gasteiger partial charge < -0.3 is 27.9 Å². The second kappa shape index (κ2) is 13.9. The average molecular weight is 654 g/mol. The van der Waals surface area contributed by atoms with Gasteiger partial charge in [-0.15, -0.1) is 0 Å². The molecule has 252 valence electrons. The highest BCUT2D eigenvalue weighted by molar-refractivity contribution is 6.87. The largest absolute Gasteiger partial charge is 0.467 e. The predicted molar refractivity (Wildman–Crippen MR) is 188 cm³/mol. The zero-order valence-corrected chi connectivity index (χ0v) is 30.1. The molecule has 0 unspecified atom stereocenters. The second-order valence-electron chi connectivity index (χ2n) is 15.1. The molecule has 0 saturated carbocycles. The van der Waals surface area contributed by atoms with Crippen molar-refractivity contribution in [3.8, 4) is 0 Å². The SMILES string of the molecule is Cc1cc(B2OB(c3ccc(C(=O)OC(C)(C)C)c(C)c3)OB(c3ccc(C(=O)OC(C)(C)C)c(C)c3)O2)ccc1C(=O)OC(C)(C)C. The molecule has 1 fully saturated rings. The van der Waals surface area contributed by atoms with Crippen molar-refractivity contribution in [2.24, 2.45) is 0 Å². The van der Waals surface area contributed by atoms with Crippen molar-refractivity contribution in [1.82, 2.24) is 0 Å². The summed E-state index contributed by atoms with van der Waals surface area (Å²) in [4.78, 5) is 38.5. The molecule has 0 N–H and O–H groups in total. The lowest BCUT2D eigenvalue weighted by Gasteiger charge is -2.32. The van der Waals surface area contributed by atoms with Crippen molar-refractivity contribution in [3.63, 3.8) is 0 Å². The Morgan fingerprint density at radius 1 is 0.458 bits per heavy atom. The van der Waals surface area contributed by atoms with E-state index in [0.29, 0.717) is 49.8 Å². The van der Waals surface area contributed by atoms with Crippen molar-refractivity contribution in [1.29, 1.82) is 0 Å². The number of rotatable bonds is 6. The van der Waals surface area contributed by atoms with Crippen molar-refractivity contribution in [2.45, 2.75) is 99.9 Å². The van der Waals surface area contributed by atoms with E-state index < -0.39 is 56.1 Å². The molecule has 0 aromatic heterocycles. The van der Waals surface area contributed by atoms with Gasteiger partial charge in [-0.3, -0.25) is 0 Å².